The Kier molecular flexibility index (Phi) is 8.17. The fourth-order valence-corrected chi connectivity index (χ4v) is 6.65. The average Bonchev–Trinajstić information content (AvgIpc) is 3.51. The van der Waals surface area contributed by atoms with E-state index < -0.39 is 12.0 Å². The summed E-state index contributed by atoms with van der Waals surface area (Å²) in [6.45, 7) is 2.66. The molecule has 3 atom stereocenters. The highest BCUT2D eigenvalue weighted by Gasteiger charge is 2.52. The Bertz CT molecular complexity index is 990. The van der Waals surface area contributed by atoms with Crippen molar-refractivity contribution >= 4 is 23.5 Å². The second-order valence-corrected chi connectivity index (χ2v) is 11.0. The van der Waals surface area contributed by atoms with Gasteiger partial charge in [0.05, 0.1) is 32.2 Å². The maximum Gasteiger partial charge on any atom is 0.227 e. The van der Waals surface area contributed by atoms with E-state index in [-0.39, 0.29) is 48.9 Å². The smallest absolute Gasteiger partial charge is 0.227 e. The maximum absolute atomic E-state index is 14.0. The van der Waals surface area contributed by atoms with Crippen LogP contribution in [0.15, 0.2) is 24.5 Å². The molecule has 0 bridgehead atoms. The lowest BCUT2D eigenvalue weighted by molar-refractivity contribution is -0.145. The summed E-state index contributed by atoms with van der Waals surface area (Å²) in [5, 5.41) is 0. The normalized spacial score (nSPS) is 25.3. The van der Waals surface area contributed by atoms with Crippen molar-refractivity contribution < 1.29 is 23.9 Å². The highest BCUT2D eigenvalue weighted by molar-refractivity contribution is 5.98. The summed E-state index contributed by atoms with van der Waals surface area (Å²) >= 11 is 0. The van der Waals surface area contributed by atoms with Crippen LogP contribution in [0.1, 0.15) is 56.9 Å². The fraction of sp³-hybridized carbons (Fsp3) is 0.679. The number of Topliss-reactive ketones (excluding diaryl/α,β-unsaturated/α-hetero) is 1. The standard InChI is InChI=1S/C28H38N4O5/c33-24-19-32(26(35)16-21-7-4-9-29-18-21)23-8-10-31(27(23)24)28(36)22(15-20-5-2-1-3-6-20)17-25(34)30-11-13-37-14-12-30/h4,7,9,18,20,22-23,27H,1-3,5-6,8,10-17,19H2. The van der Waals surface area contributed by atoms with E-state index in [2.05, 4.69) is 4.98 Å². The van der Waals surface area contributed by atoms with Crippen molar-refractivity contribution in [2.45, 2.75) is 69.9 Å². The van der Waals surface area contributed by atoms with Crippen LogP contribution in [0, 0.1) is 11.8 Å². The molecule has 0 aromatic carbocycles. The Hall–Kier alpha value is -2.81. The quantitative estimate of drug-likeness (QED) is 0.555. The molecule has 4 heterocycles. The van der Waals surface area contributed by atoms with Crippen molar-refractivity contribution in [3.8, 4) is 0 Å². The first-order valence-corrected chi connectivity index (χ1v) is 13.9. The van der Waals surface area contributed by atoms with Crippen LogP contribution in [0.3, 0.4) is 0 Å². The van der Waals surface area contributed by atoms with E-state index in [0.717, 1.165) is 18.4 Å². The highest BCUT2D eigenvalue weighted by atomic mass is 16.5. The molecule has 3 amide bonds. The molecule has 3 aliphatic heterocycles. The van der Waals surface area contributed by atoms with Gasteiger partial charge in [0.25, 0.3) is 0 Å². The summed E-state index contributed by atoms with van der Waals surface area (Å²) < 4.78 is 5.39. The van der Waals surface area contributed by atoms with Crippen molar-refractivity contribution in [3.63, 3.8) is 0 Å². The largest absolute Gasteiger partial charge is 0.378 e. The molecule has 1 aliphatic carbocycles. The number of pyridine rings is 1. The van der Waals surface area contributed by atoms with Gasteiger partial charge in [-0.05, 0) is 30.4 Å². The van der Waals surface area contributed by atoms with Gasteiger partial charge in [-0.2, -0.15) is 0 Å². The van der Waals surface area contributed by atoms with Gasteiger partial charge in [-0.15, -0.1) is 0 Å². The van der Waals surface area contributed by atoms with E-state index in [4.69, 9.17) is 4.74 Å². The Morgan fingerprint density at radius 3 is 2.51 bits per heavy atom. The molecular formula is C28H38N4O5. The Labute approximate surface area is 218 Å². The first-order valence-electron chi connectivity index (χ1n) is 13.9. The molecule has 1 aromatic rings. The SMILES string of the molecule is O=C1CN(C(=O)Cc2cccnc2)C2CCN(C(=O)C(CC(=O)N3CCOCC3)CC3CCCCC3)C12. The number of likely N-dealkylation sites (tertiary alicyclic amines) is 2. The third-order valence-corrected chi connectivity index (χ3v) is 8.58. The number of hydrogen-bond acceptors (Lipinski definition) is 6. The number of carbonyl (C=O) groups is 4. The zero-order chi connectivity index (χ0) is 25.8. The van der Waals surface area contributed by atoms with Gasteiger partial charge in [0.1, 0.15) is 6.04 Å². The molecule has 3 saturated heterocycles. The highest BCUT2D eigenvalue weighted by Crippen LogP contribution is 2.35. The van der Waals surface area contributed by atoms with Gasteiger partial charge in [0.2, 0.25) is 17.7 Å². The predicted molar refractivity (Wildman–Crippen MR) is 135 cm³/mol. The molecule has 1 aromatic heterocycles. The molecule has 5 rings (SSSR count). The molecule has 1 saturated carbocycles. The van der Waals surface area contributed by atoms with Gasteiger partial charge in [0, 0.05) is 44.4 Å². The van der Waals surface area contributed by atoms with Gasteiger partial charge in [-0.3, -0.25) is 24.2 Å². The Morgan fingerprint density at radius 1 is 1.00 bits per heavy atom. The van der Waals surface area contributed by atoms with Gasteiger partial charge >= 0.3 is 0 Å². The van der Waals surface area contributed by atoms with Crippen molar-refractivity contribution in [2.75, 3.05) is 39.4 Å². The zero-order valence-corrected chi connectivity index (χ0v) is 21.6. The van der Waals surface area contributed by atoms with Crippen molar-refractivity contribution in [3.05, 3.63) is 30.1 Å². The molecule has 0 spiro atoms. The van der Waals surface area contributed by atoms with Crippen LogP contribution < -0.4 is 0 Å². The fourth-order valence-electron chi connectivity index (χ4n) is 6.65. The first kappa shape index (κ1) is 25.8. The minimum atomic E-state index is -0.599. The lowest BCUT2D eigenvalue weighted by Crippen LogP contribution is -2.48. The minimum absolute atomic E-state index is 0.000713. The van der Waals surface area contributed by atoms with Crippen molar-refractivity contribution in [1.82, 2.24) is 19.7 Å². The Morgan fingerprint density at radius 2 is 1.78 bits per heavy atom. The topological polar surface area (TPSA) is 100 Å². The minimum Gasteiger partial charge on any atom is -0.378 e. The number of nitrogens with zero attached hydrogens (tertiary/aromatic N) is 4. The van der Waals surface area contributed by atoms with Crippen LogP contribution in [0.5, 0.6) is 0 Å². The lowest BCUT2D eigenvalue weighted by Gasteiger charge is -2.33. The van der Waals surface area contributed by atoms with Gasteiger partial charge in [-0.25, -0.2) is 0 Å². The summed E-state index contributed by atoms with van der Waals surface area (Å²) in [5.74, 6) is -0.259. The second kappa shape index (κ2) is 11.7. The van der Waals surface area contributed by atoms with Gasteiger partial charge in [-0.1, -0.05) is 38.2 Å². The van der Waals surface area contributed by atoms with Crippen LogP contribution in [0.4, 0.5) is 0 Å². The molecule has 0 radical (unpaired) electrons. The number of ketones is 1. The first-order chi connectivity index (χ1) is 18.0. The van der Waals surface area contributed by atoms with Gasteiger partial charge < -0.3 is 19.4 Å². The summed E-state index contributed by atoms with van der Waals surface area (Å²) in [4.78, 5) is 62.6. The van der Waals surface area contributed by atoms with E-state index in [1.165, 1.54) is 19.3 Å². The number of amides is 3. The van der Waals surface area contributed by atoms with Crippen molar-refractivity contribution in [2.24, 2.45) is 11.8 Å². The van der Waals surface area contributed by atoms with Crippen LogP contribution in [0.25, 0.3) is 0 Å². The van der Waals surface area contributed by atoms with E-state index in [1.54, 1.807) is 33.2 Å². The monoisotopic (exact) mass is 510 g/mol. The van der Waals surface area contributed by atoms with E-state index >= 15 is 0 Å². The number of hydrogen-bond donors (Lipinski definition) is 0. The zero-order valence-electron chi connectivity index (χ0n) is 21.6. The maximum atomic E-state index is 14.0. The number of rotatable bonds is 7. The van der Waals surface area contributed by atoms with Crippen LogP contribution in [0.2, 0.25) is 0 Å². The molecule has 9 heteroatoms. The third kappa shape index (κ3) is 5.87. The summed E-state index contributed by atoms with van der Waals surface area (Å²) in [6.07, 6.45) is 10.8. The van der Waals surface area contributed by atoms with E-state index in [0.29, 0.717) is 51.6 Å². The predicted octanol–water partition coefficient (Wildman–Crippen LogP) is 1.84. The number of carbonyl (C=O) groups excluding carboxylic acids is 4. The van der Waals surface area contributed by atoms with E-state index in [1.807, 2.05) is 6.07 Å². The van der Waals surface area contributed by atoms with Crippen LogP contribution in [-0.2, 0) is 30.3 Å². The molecule has 3 unspecified atom stereocenters. The third-order valence-electron chi connectivity index (χ3n) is 8.58. The van der Waals surface area contributed by atoms with Gasteiger partial charge in [0.15, 0.2) is 5.78 Å². The van der Waals surface area contributed by atoms with E-state index in [9.17, 15) is 19.2 Å². The molecule has 9 nitrogen and oxygen atoms in total. The van der Waals surface area contributed by atoms with Crippen LogP contribution >= 0.6 is 0 Å². The number of ether oxygens (including phenoxy) is 1. The molecule has 4 fully saturated rings. The number of fused-ring (bicyclic) bond motifs is 1. The molecule has 4 aliphatic rings. The molecular weight excluding hydrogens is 472 g/mol. The Balaban J connectivity index is 1.28. The second-order valence-electron chi connectivity index (χ2n) is 11.0. The number of aromatic nitrogens is 1. The summed E-state index contributed by atoms with van der Waals surface area (Å²) in [7, 11) is 0. The average molecular weight is 511 g/mol. The lowest BCUT2D eigenvalue weighted by atomic mass is 9.81. The summed E-state index contributed by atoms with van der Waals surface area (Å²) in [6, 6.07) is 2.76. The molecule has 37 heavy (non-hydrogen) atoms. The molecule has 0 N–H and O–H groups in total. The van der Waals surface area contributed by atoms with Crippen LogP contribution in [-0.4, -0.2) is 94.7 Å². The summed E-state index contributed by atoms with van der Waals surface area (Å²) in [5.41, 5.74) is 0.809. The number of morpholine rings is 1. The molecule has 200 valence electrons. The van der Waals surface area contributed by atoms with Crippen molar-refractivity contribution in [1.29, 1.82) is 0 Å².